The van der Waals surface area contributed by atoms with Crippen molar-refractivity contribution in [3.63, 3.8) is 0 Å². The Bertz CT molecular complexity index is 2100. The Morgan fingerprint density at radius 1 is 0.843 bits per heavy atom. The van der Waals surface area contributed by atoms with Gasteiger partial charge in [0, 0.05) is 7.05 Å². The van der Waals surface area contributed by atoms with Crippen molar-refractivity contribution >= 4 is 54.6 Å². The van der Waals surface area contributed by atoms with Crippen LogP contribution in [0.5, 0.6) is 0 Å². The van der Waals surface area contributed by atoms with Gasteiger partial charge in [0.05, 0.1) is 18.5 Å². The number of hydrogen-bond acceptors (Lipinski definition) is 13. The van der Waals surface area contributed by atoms with Gasteiger partial charge in [0.2, 0.25) is 5.95 Å². The van der Waals surface area contributed by atoms with E-state index in [1.54, 1.807) is 20.9 Å². The van der Waals surface area contributed by atoms with Gasteiger partial charge in [-0.3, -0.25) is 23.3 Å². The van der Waals surface area contributed by atoms with Gasteiger partial charge in [-0.25, -0.2) is 19.9 Å². The number of nitrogen functional groups attached to an aromatic ring is 1. The van der Waals surface area contributed by atoms with Crippen LogP contribution >= 0.6 is 13.8 Å². The molecule has 2 fully saturated rings. The molecule has 7 N–H and O–H groups in total. The summed E-state index contributed by atoms with van der Waals surface area (Å²) in [7, 11) is 1.63. The highest BCUT2D eigenvalue weighted by Gasteiger charge is 2.46. The minimum atomic E-state index is -1.28. The first kappa shape index (κ1) is 40.6. The molecule has 6 heterocycles. The van der Waals surface area contributed by atoms with E-state index in [0.29, 0.717) is 30.1 Å². The van der Waals surface area contributed by atoms with Crippen molar-refractivity contribution in [3.8, 4) is 0 Å². The molecule has 51 heavy (non-hydrogen) atoms. The Morgan fingerprint density at radius 3 is 1.92 bits per heavy atom. The fourth-order valence-electron chi connectivity index (χ4n) is 6.03. The molecule has 0 spiro atoms. The number of H-pyrrole nitrogens is 1. The molecule has 0 unspecified atom stereocenters. The predicted molar refractivity (Wildman–Crippen MR) is 204 cm³/mol. The van der Waals surface area contributed by atoms with Crippen LogP contribution in [0.25, 0.3) is 22.3 Å². The average molecular weight is 754 g/mol. The van der Waals surface area contributed by atoms with Crippen LogP contribution in [0.3, 0.4) is 0 Å². The number of aromatic nitrogens is 8. The zero-order valence-electron chi connectivity index (χ0n) is 29.5. The average Bonchev–Trinajstić information content (AvgIpc) is 3.73. The molecule has 0 amide bonds. The van der Waals surface area contributed by atoms with Crippen LogP contribution in [-0.4, -0.2) is 147 Å². The van der Waals surface area contributed by atoms with E-state index in [2.05, 4.69) is 64.2 Å². The Hall–Kier alpha value is -3.14. The SMILES string of the molecule is C.C=P(C)(C)CC[C@H]1O[C@@H](n2c(N)nc3c(=O)[nH]c(C)nc32)[C@H](O)[C@@H]1O.C=P(C)(C)CC[C@H]1O[C@@H](n2cnc3c(=O)n(C)c(C)nc32)[C@H](O)[C@@H]1O. The van der Waals surface area contributed by atoms with Crippen molar-refractivity contribution in [2.45, 2.75) is 83.2 Å². The van der Waals surface area contributed by atoms with Crippen molar-refractivity contribution in [1.29, 1.82) is 0 Å². The van der Waals surface area contributed by atoms with Gasteiger partial charge in [-0.2, -0.15) is 0 Å². The number of hydrogen-bond donors (Lipinski definition) is 6. The summed E-state index contributed by atoms with van der Waals surface area (Å²) in [6.45, 7) is 9.27. The van der Waals surface area contributed by atoms with Crippen LogP contribution in [0, 0.1) is 13.8 Å². The van der Waals surface area contributed by atoms with Crippen LogP contribution in [0.2, 0.25) is 0 Å². The molecule has 4 aromatic rings. The van der Waals surface area contributed by atoms with Gasteiger partial charge in [-0.15, -0.1) is 26.4 Å². The number of anilines is 1. The van der Waals surface area contributed by atoms with E-state index in [1.165, 1.54) is 20.0 Å². The lowest BCUT2D eigenvalue weighted by atomic mass is 10.1. The highest BCUT2D eigenvalue weighted by Crippen LogP contribution is 2.41. The molecule has 6 rings (SSSR count). The quantitative estimate of drug-likeness (QED) is 0.135. The van der Waals surface area contributed by atoms with E-state index >= 15 is 0 Å². The Kier molecular flexibility index (Phi) is 12.0. The fraction of sp³-hybridized carbons (Fsp3) is 0.625. The van der Waals surface area contributed by atoms with E-state index in [1.807, 2.05) is 0 Å². The molecule has 0 aliphatic carbocycles. The van der Waals surface area contributed by atoms with Crippen molar-refractivity contribution in [2.24, 2.45) is 7.05 Å². The number of aryl methyl sites for hydroxylation is 2. The summed E-state index contributed by atoms with van der Waals surface area (Å²) in [6.07, 6.45) is 5.46. The third kappa shape index (κ3) is 8.42. The summed E-state index contributed by atoms with van der Waals surface area (Å²) in [5.41, 5.74) is 6.12. The topological polar surface area (TPSA) is 242 Å². The molecule has 0 aromatic carbocycles. The molecular formula is C32H53N9O8P2. The van der Waals surface area contributed by atoms with Crippen molar-refractivity contribution in [3.05, 3.63) is 38.7 Å². The van der Waals surface area contributed by atoms with E-state index in [-0.39, 0.29) is 35.6 Å². The predicted octanol–water partition coefficient (Wildman–Crippen LogP) is 0.522. The smallest absolute Gasteiger partial charge is 0.281 e. The molecule has 2 saturated heterocycles. The highest BCUT2D eigenvalue weighted by atomic mass is 31.2. The largest absolute Gasteiger partial charge is 0.388 e. The van der Waals surface area contributed by atoms with Crippen LogP contribution < -0.4 is 16.9 Å². The van der Waals surface area contributed by atoms with E-state index in [4.69, 9.17) is 15.2 Å². The summed E-state index contributed by atoms with van der Waals surface area (Å²) in [4.78, 5) is 43.7. The third-order valence-corrected chi connectivity index (χ3v) is 11.9. The molecule has 4 aromatic heterocycles. The van der Waals surface area contributed by atoms with Gasteiger partial charge in [0.25, 0.3) is 11.1 Å². The Balaban J connectivity index is 0.000000224. The summed E-state index contributed by atoms with van der Waals surface area (Å²) >= 11 is 0. The monoisotopic (exact) mass is 753 g/mol. The Morgan fingerprint density at radius 2 is 1.37 bits per heavy atom. The number of imidazole rings is 2. The molecule has 17 nitrogen and oxygen atoms in total. The number of nitrogens with zero attached hydrogens (tertiary/aromatic N) is 7. The van der Waals surface area contributed by atoms with E-state index < -0.39 is 68.4 Å². The van der Waals surface area contributed by atoms with Crippen molar-refractivity contribution in [2.75, 3.05) is 44.7 Å². The van der Waals surface area contributed by atoms with Crippen molar-refractivity contribution < 1.29 is 29.9 Å². The number of rotatable bonds is 8. The fourth-order valence-corrected chi connectivity index (χ4v) is 7.94. The second-order valence-electron chi connectivity index (χ2n) is 14.5. The van der Waals surface area contributed by atoms with E-state index in [9.17, 15) is 30.0 Å². The first-order chi connectivity index (χ1) is 23.2. The minimum absolute atomic E-state index is 0. The highest BCUT2D eigenvalue weighted by molar-refractivity contribution is 7.72. The van der Waals surface area contributed by atoms with Crippen LogP contribution in [0.4, 0.5) is 5.95 Å². The van der Waals surface area contributed by atoms with Crippen LogP contribution in [-0.2, 0) is 16.5 Å². The molecule has 8 atom stereocenters. The number of ether oxygens (including phenoxy) is 2. The number of nitrogens with one attached hydrogen (secondary N) is 1. The lowest BCUT2D eigenvalue weighted by molar-refractivity contribution is -0.0353. The zero-order valence-corrected chi connectivity index (χ0v) is 31.3. The molecule has 0 bridgehead atoms. The summed E-state index contributed by atoms with van der Waals surface area (Å²) in [5, 5.41) is 41.6. The van der Waals surface area contributed by atoms with Crippen molar-refractivity contribution in [1.82, 2.24) is 38.6 Å². The number of nitrogens with two attached hydrogens (primary N) is 1. The first-order valence-electron chi connectivity index (χ1n) is 16.2. The molecule has 19 heteroatoms. The molecular weight excluding hydrogens is 700 g/mol. The van der Waals surface area contributed by atoms with Gasteiger partial charge in [0.15, 0.2) is 34.8 Å². The maximum absolute atomic E-state index is 12.3. The minimum Gasteiger partial charge on any atom is -0.388 e. The summed E-state index contributed by atoms with van der Waals surface area (Å²) < 4.78 is 16.1. The zero-order chi connectivity index (χ0) is 37.0. The van der Waals surface area contributed by atoms with Crippen LogP contribution in [0.1, 0.15) is 44.4 Å². The van der Waals surface area contributed by atoms with E-state index in [0.717, 1.165) is 12.3 Å². The number of aliphatic hydroxyl groups excluding tert-OH is 4. The van der Waals surface area contributed by atoms with Crippen LogP contribution in [0.15, 0.2) is 15.9 Å². The maximum Gasteiger partial charge on any atom is 0.281 e. The number of fused-ring (bicyclic) bond motifs is 2. The third-order valence-electron chi connectivity index (χ3n) is 8.97. The summed E-state index contributed by atoms with van der Waals surface area (Å²) in [6, 6.07) is 0. The second kappa shape index (κ2) is 15.1. The first-order valence-corrected chi connectivity index (χ1v) is 22.3. The van der Waals surface area contributed by atoms with Gasteiger partial charge in [-0.1, -0.05) is 7.43 Å². The summed E-state index contributed by atoms with van der Waals surface area (Å²) in [5.74, 6) is 0.930. The molecule has 2 aliphatic heterocycles. The van der Waals surface area contributed by atoms with Gasteiger partial charge >= 0.3 is 0 Å². The lowest BCUT2D eigenvalue weighted by Crippen LogP contribution is -2.32. The number of aromatic amines is 1. The Labute approximate surface area is 296 Å². The van der Waals surface area contributed by atoms with Gasteiger partial charge < -0.3 is 40.6 Å². The van der Waals surface area contributed by atoms with Gasteiger partial charge in [0.1, 0.15) is 36.1 Å². The van der Waals surface area contributed by atoms with Gasteiger partial charge in [-0.05, 0) is 65.7 Å². The lowest BCUT2D eigenvalue weighted by Gasteiger charge is -2.19. The maximum atomic E-state index is 12.3. The normalized spacial score (nSPS) is 26.7. The molecule has 284 valence electrons. The number of aliphatic hydroxyl groups is 4. The molecule has 0 radical (unpaired) electrons. The second-order valence-corrected chi connectivity index (χ2v) is 23.1. The standard InChI is InChI=1S/C16H25N4O4P.C15H24N5O4P.CH4/c1-9-18-14-11(15(23)19(9)2)17-8-20(14)16-13(22)12(21)10(24-16)6-7-25(3,4)5;1-7-17-12-9(13(23)18-7)19-15(16)20(12)14-11(22)10(21)8(24-14)5-6-25(2,3)4;/h8,10,12-13,16,21-22H,3,6-7H2,1-2,4-5H3;8,10-11,14,21-22H,2,5-6H2,1,3-4H3,(H2,16,19)(H,17,18,23);1H4/t10-,12-,13-,16-;8-,10-,11-,14-;/m11./s1. The molecule has 0 saturated carbocycles. The molecule has 2 aliphatic rings.